The highest BCUT2D eigenvalue weighted by molar-refractivity contribution is 7.89. The molecular formula is C23H28N2O4S. The molecule has 0 N–H and O–H groups in total. The second kappa shape index (κ2) is 8.73. The van der Waals surface area contributed by atoms with Gasteiger partial charge in [0.05, 0.1) is 30.3 Å². The summed E-state index contributed by atoms with van der Waals surface area (Å²) in [4.78, 5) is 2.05. The maximum atomic E-state index is 11.9. The van der Waals surface area contributed by atoms with Crippen molar-refractivity contribution in [1.29, 1.82) is 0 Å². The standard InChI is InChI=1S/C23H28N2O4S/c1-3-18-15-25-14-6-8-21(24-30(2,26)27)22(25)16-28-19-12-10-17(11-13-19)20-7-4-5-9-23(20)29-18/h1,4-5,7,9,16-19H,6,8,10-15H2,2H3/b22-16-,24-21+/t17?,18-,19?/m0/s1. The Bertz CT molecular complexity index is 985. The molecule has 6 nitrogen and oxygen atoms in total. The van der Waals surface area contributed by atoms with Gasteiger partial charge in [0, 0.05) is 6.54 Å². The molecule has 1 saturated heterocycles. The normalized spacial score (nSPS) is 30.1. The minimum absolute atomic E-state index is 0.120. The van der Waals surface area contributed by atoms with E-state index in [9.17, 15) is 8.42 Å². The van der Waals surface area contributed by atoms with Crippen LogP contribution in [0.25, 0.3) is 0 Å². The first-order chi connectivity index (χ1) is 14.4. The predicted molar refractivity (Wildman–Crippen MR) is 117 cm³/mol. The van der Waals surface area contributed by atoms with Crippen molar-refractivity contribution >= 4 is 15.7 Å². The minimum Gasteiger partial charge on any atom is -0.496 e. The molecule has 7 heteroatoms. The van der Waals surface area contributed by atoms with E-state index >= 15 is 0 Å². The zero-order valence-corrected chi connectivity index (χ0v) is 18.1. The lowest BCUT2D eigenvalue weighted by molar-refractivity contribution is 0.0950. The van der Waals surface area contributed by atoms with E-state index < -0.39 is 16.1 Å². The SMILES string of the molecule is C#C[C@H]1CN2CCCC(=N\S(C)(=O)=O)/C2=C/OC2CCC(CC2)c2ccccc2O1. The second-order valence-electron chi connectivity index (χ2n) is 8.24. The fourth-order valence-corrected chi connectivity index (χ4v) is 5.15. The van der Waals surface area contributed by atoms with E-state index in [0.29, 0.717) is 30.3 Å². The lowest BCUT2D eigenvalue weighted by Crippen LogP contribution is -2.40. The number of para-hydroxylation sites is 1. The minimum atomic E-state index is -3.51. The molecule has 1 aromatic rings. The Balaban J connectivity index is 1.72. The number of nitrogens with zero attached hydrogens (tertiary/aromatic N) is 2. The molecule has 3 aliphatic heterocycles. The molecule has 1 saturated carbocycles. The average molecular weight is 429 g/mol. The Hall–Kier alpha value is -2.46. The lowest BCUT2D eigenvalue weighted by Gasteiger charge is -2.34. The van der Waals surface area contributed by atoms with Gasteiger partial charge in [-0.05, 0) is 56.1 Å². The van der Waals surface area contributed by atoms with Crippen LogP contribution in [-0.2, 0) is 14.8 Å². The van der Waals surface area contributed by atoms with Gasteiger partial charge in [-0.25, -0.2) is 8.42 Å². The van der Waals surface area contributed by atoms with E-state index in [0.717, 1.165) is 50.7 Å². The first kappa shape index (κ1) is 20.8. The molecular weight excluding hydrogens is 400 g/mol. The van der Waals surface area contributed by atoms with Gasteiger partial charge < -0.3 is 14.4 Å². The van der Waals surface area contributed by atoms with Gasteiger partial charge in [0.15, 0.2) is 6.10 Å². The molecule has 1 aliphatic carbocycles. The number of rotatable bonds is 1. The second-order valence-corrected chi connectivity index (χ2v) is 9.89. The number of benzene rings is 1. The molecule has 0 spiro atoms. The third-order valence-corrected chi connectivity index (χ3v) is 6.55. The molecule has 4 aliphatic rings. The number of hydrogen-bond acceptors (Lipinski definition) is 5. The third-order valence-electron chi connectivity index (χ3n) is 6.00. The summed E-state index contributed by atoms with van der Waals surface area (Å²) in [5.74, 6) is 4.03. The molecule has 30 heavy (non-hydrogen) atoms. The molecule has 2 fully saturated rings. The zero-order chi connectivity index (χ0) is 21.1. The van der Waals surface area contributed by atoms with Crippen LogP contribution in [0.15, 0.2) is 40.6 Å². The van der Waals surface area contributed by atoms with E-state index in [1.807, 2.05) is 23.1 Å². The summed E-state index contributed by atoms with van der Waals surface area (Å²) < 4.78 is 40.1. The lowest BCUT2D eigenvalue weighted by atomic mass is 9.82. The van der Waals surface area contributed by atoms with Crippen LogP contribution in [0.4, 0.5) is 0 Å². The fraction of sp³-hybridized carbons (Fsp3) is 0.522. The number of ether oxygens (including phenoxy) is 2. The van der Waals surface area contributed by atoms with Gasteiger partial charge in [0.25, 0.3) is 10.0 Å². The predicted octanol–water partition coefficient (Wildman–Crippen LogP) is 3.46. The molecule has 0 amide bonds. The molecule has 1 atom stereocenters. The number of sulfonamides is 1. The molecule has 1 aromatic carbocycles. The summed E-state index contributed by atoms with van der Waals surface area (Å²) in [5.41, 5.74) is 2.44. The van der Waals surface area contributed by atoms with Gasteiger partial charge in [-0.1, -0.05) is 24.1 Å². The number of piperidine rings is 1. The van der Waals surface area contributed by atoms with Gasteiger partial charge in [0.1, 0.15) is 12.0 Å². The van der Waals surface area contributed by atoms with Gasteiger partial charge in [0.2, 0.25) is 0 Å². The first-order valence-corrected chi connectivity index (χ1v) is 12.4. The van der Waals surface area contributed by atoms with Crippen molar-refractivity contribution in [3.05, 3.63) is 41.8 Å². The molecule has 2 bridgehead atoms. The first-order valence-electron chi connectivity index (χ1n) is 10.5. The Morgan fingerprint density at radius 3 is 2.70 bits per heavy atom. The third kappa shape index (κ3) is 4.81. The highest BCUT2D eigenvalue weighted by atomic mass is 32.2. The number of hydrogen-bond donors (Lipinski definition) is 0. The van der Waals surface area contributed by atoms with Crippen LogP contribution in [0.2, 0.25) is 0 Å². The summed E-state index contributed by atoms with van der Waals surface area (Å²) in [7, 11) is -3.51. The quantitative estimate of drug-likeness (QED) is 0.641. The largest absolute Gasteiger partial charge is 0.496 e. The van der Waals surface area contributed by atoms with Crippen molar-refractivity contribution < 1.29 is 17.9 Å². The van der Waals surface area contributed by atoms with Crippen molar-refractivity contribution in [2.24, 2.45) is 4.40 Å². The van der Waals surface area contributed by atoms with Gasteiger partial charge in [-0.3, -0.25) is 0 Å². The summed E-state index contributed by atoms with van der Waals surface area (Å²) in [6, 6.07) is 8.15. The van der Waals surface area contributed by atoms with E-state index in [1.54, 1.807) is 6.26 Å². The number of allylic oxidation sites excluding steroid dienone is 1. The Labute approximate surface area is 179 Å². The smallest absolute Gasteiger partial charge is 0.250 e. The topological polar surface area (TPSA) is 68.2 Å². The van der Waals surface area contributed by atoms with Crippen LogP contribution in [0, 0.1) is 12.3 Å². The Kier molecular flexibility index (Phi) is 6.05. The van der Waals surface area contributed by atoms with Gasteiger partial charge in [-0.2, -0.15) is 4.40 Å². The molecule has 0 unspecified atom stereocenters. The highest BCUT2D eigenvalue weighted by Gasteiger charge is 2.30. The van der Waals surface area contributed by atoms with Crippen LogP contribution in [0.1, 0.15) is 50.0 Å². The Morgan fingerprint density at radius 2 is 1.97 bits per heavy atom. The van der Waals surface area contributed by atoms with Crippen LogP contribution in [0.3, 0.4) is 0 Å². The van der Waals surface area contributed by atoms with Crippen molar-refractivity contribution in [2.45, 2.75) is 56.7 Å². The van der Waals surface area contributed by atoms with E-state index in [1.165, 1.54) is 5.56 Å². The fourth-order valence-electron chi connectivity index (χ4n) is 4.57. The van der Waals surface area contributed by atoms with E-state index in [2.05, 4.69) is 16.4 Å². The van der Waals surface area contributed by atoms with Crippen LogP contribution < -0.4 is 4.74 Å². The Morgan fingerprint density at radius 1 is 1.20 bits per heavy atom. The summed E-state index contributed by atoms with van der Waals surface area (Å²) >= 11 is 0. The summed E-state index contributed by atoms with van der Waals surface area (Å²) in [6.45, 7) is 1.19. The number of fused-ring (bicyclic) bond motifs is 5. The summed E-state index contributed by atoms with van der Waals surface area (Å²) in [5, 5.41) is 0. The van der Waals surface area contributed by atoms with Gasteiger partial charge >= 0.3 is 0 Å². The average Bonchev–Trinajstić information content (AvgIpc) is 2.74. The van der Waals surface area contributed by atoms with Crippen molar-refractivity contribution in [2.75, 3.05) is 19.3 Å². The maximum absolute atomic E-state index is 11.9. The number of terminal acetylenes is 1. The van der Waals surface area contributed by atoms with Gasteiger partial charge in [-0.15, -0.1) is 6.42 Å². The van der Waals surface area contributed by atoms with E-state index in [-0.39, 0.29) is 6.10 Å². The molecule has 5 rings (SSSR count). The summed E-state index contributed by atoms with van der Waals surface area (Å²) in [6.07, 6.45) is 13.6. The molecule has 3 heterocycles. The molecule has 0 radical (unpaired) electrons. The van der Waals surface area contributed by atoms with Crippen LogP contribution >= 0.6 is 0 Å². The van der Waals surface area contributed by atoms with Crippen molar-refractivity contribution in [3.63, 3.8) is 0 Å². The maximum Gasteiger partial charge on any atom is 0.250 e. The zero-order valence-electron chi connectivity index (χ0n) is 17.3. The molecule has 160 valence electrons. The van der Waals surface area contributed by atoms with Crippen molar-refractivity contribution in [1.82, 2.24) is 4.90 Å². The monoisotopic (exact) mass is 428 g/mol. The van der Waals surface area contributed by atoms with E-state index in [4.69, 9.17) is 15.9 Å². The van der Waals surface area contributed by atoms with Crippen molar-refractivity contribution in [3.8, 4) is 18.1 Å². The van der Waals surface area contributed by atoms with Crippen LogP contribution in [0.5, 0.6) is 5.75 Å². The molecule has 0 aromatic heterocycles. The highest BCUT2D eigenvalue weighted by Crippen LogP contribution is 2.39. The van der Waals surface area contributed by atoms with Crippen LogP contribution in [-0.4, -0.2) is 50.6 Å².